The molecule has 2 heterocycles. The Morgan fingerprint density at radius 2 is 1.95 bits per heavy atom. The maximum absolute atomic E-state index is 11.9. The number of nitrogens with zero attached hydrogens (tertiary/aromatic N) is 2. The van der Waals surface area contributed by atoms with E-state index >= 15 is 0 Å². The average molecular weight is 288 g/mol. The normalized spacial score (nSPS) is 20.5. The molecule has 0 atom stereocenters. The van der Waals surface area contributed by atoms with Crippen molar-refractivity contribution in [2.24, 2.45) is 0 Å². The summed E-state index contributed by atoms with van der Waals surface area (Å²) in [6.45, 7) is 5.18. The topological polar surface area (TPSA) is 64.7 Å². The lowest BCUT2D eigenvalue weighted by Gasteiger charge is -2.29. The summed E-state index contributed by atoms with van der Waals surface area (Å²) < 4.78 is 0. The van der Waals surface area contributed by atoms with Crippen LogP contribution in [0.25, 0.3) is 0 Å². The maximum Gasteiger partial charge on any atom is 0.246 e. The molecule has 6 heteroatoms. The molecule has 6 nitrogen and oxygen atoms in total. The monoisotopic (exact) mass is 288 g/mol. The smallest absolute Gasteiger partial charge is 0.246 e. The number of carbonyl (C=O) groups is 2. The maximum atomic E-state index is 11.9. The van der Waals surface area contributed by atoms with E-state index in [0.717, 1.165) is 38.4 Å². The third-order valence-corrected chi connectivity index (χ3v) is 3.88. The van der Waals surface area contributed by atoms with Crippen molar-refractivity contribution in [3.8, 4) is 0 Å². The summed E-state index contributed by atoms with van der Waals surface area (Å²) in [6, 6.07) is 7.92. The van der Waals surface area contributed by atoms with Gasteiger partial charge in [0, 0.05) is 38.4 Å². The van der Waals surface area contributed by atoms with Crippen molar-refractivity contribution in [1.29, 1.82) is 0 Å². The van der Waals surface area contributed by atoms with Crippen molar-refractivity contribution < 1.29 is 9.59 Å². The first-order valence-electron chi connectivity index (χ1n) is 7.31. The number of rotatable bonds is 3. The Hall–Kier alpha value is -1.92. The van der Waals surface area contributed by atoms with Gasteiger partial charge in [0.2, 0.25) is 11.8 Å². The summed E-state index contributed by atoms with van der Waals surface area (Å²) in [7, 11) is 0. The molecule has 0 saturated carbocycles. The van der Waals surface area contributed by atoms with E-state index in [-0.39, 0.29) is 24.9 Å². The molecule has 1 aromatic carbocycles. The predicted molar refractivity (Wildman–Crippen MR) is 80.0 cm³/mol. The van der Waals surface area contributed by atoms with Crippen LogP contribution in [0, 0.1) is 0 Å². The number of carbonyl (C=O) groups excluding carboxylic acids is 2. The number of nitrogens with one attached hydrogen (secondary N) is 2. The largest absolute Gasteiger partial charge is 0.345 e. The van der Waals surface area contributed by atoms with Crippen LogP contribution >= 0.6 is 0 Å². The number of anilines is 1. The van der Waals surface area contributed by atoms with Crippen LogP contribution in [0.4, 0.5) is 5.69 Å². The molecule has 21 heavy (non-hydrogen) atoms. The third-order valence-electron chi connectivity index (χ3n) is 3.88. The molecule has 2 saturated heterocycles. The van der Waals surface area contributed by atoms with Crippen molar-refractivity contribution in [1.82, 2.24) is 15.5 Å². The molecule has 2 amide bonds. The first-order chi connectivity index (χ1) is 10.2. The van der Waals surface area contributed by atoms with Crippen LogP contribution in [0.3, 0.4) is 0 Å². The van der Waals surface area contributed by atoms with Crippen LogP contribution in [0.1, 0.15) is 5.56 Å². The van der Waals surface area contributed by atoms with Gasteiger partial charge in [-0.25, -0.2) is 0 Å². The number of hydrogen-bond donors (Lipinski definition) is 2. The Morgan fingerprint density at radius 3 is 2.76 bits per heavy atom. The van der Waals surface area contributed by atoms with Crippen molar-refractivity contribution in [3.63, 3.8) is 0 Å². The molecule has 0 aromatic heterocycles. The Morgan fingerprint density at radius 1 is 1.14 bits per heavy atom. The van der Waals surface area contributed by atoms with Crippen LogP contribution < -0.4 is 15.5 Å². The van der Waals surface area contributed by atoms with E-state index in [0.29, 0.717) is 0 Å². The van der Waals surface area contributed by atoms with Gasteiger partial charge in [0.25, 0.3) is 0 Å². The highest BCUT2D eigenvalue weighted by molar-refractivity contribution is 6.04. The van der Waals surface area contributed by atoms with Gasteiger partial charge in [0.05, 0.1) is 6.54 Å². The Balaban J connectivity index is 1.72. The summed E-state index contributed by atoms with van der Waals surface area (Å²) >= 11 is 0. The van der Waals surface area contributed by atoms with Crippen molar-refractivity contribution in [2.75, 3.05) is 44.2 Å². The van der Waals surface area contributed by atoms with Crippen LogP contribution in [0.2, 0.25) is 0 Å². The second-order valence-corrected chi connectivity index (χ2v) is 5.45. The molecule has 0 radical (unpaired) electrons. The number of benzene rings is 1. The minimum absolute atomic E-state index is 0.0612. The van der Waals surface area contributed by atoms with E-state index < -0.39 is 0 Å². The van der Waals surface area contributed by atoms with Gasteiger partial charge >= 0.3 is 0 Å². The summed E-state index contributed by atoms with van der Waals surface area (Å²) in [6.07, 6.45) is 0. The van der Waals surface area contributed by atoms with Gasteiger partial charge in [0.1, 0.15) is 6.54 Å². The molecule has 0 spiro atoms. The summed E-state index contributed by atoms with van der Waals surface area (Å²) in [4.78, 5) is 27.4. The highest BCUT2D eigenvalue weighted by Gasteiger charge is 2.24. The van der Waals surface area contributed by atoms with Gasteiger partial charge in [-0.1, -0.05) is 12.1 Å². The number of piperazine rings is 2. The van der Waals surface area contributed by atoms with Crippen molar-refractivity contribution in [3.05, 3.63) is 29.8 Å². The highest BCUT2D eigenvalue weighted by Crippen LogP contribution is 2.18. The Bertz CT molecular complexity index is 540. The summed E-state index contributed by atoms with van der Waals surface area (Å²) in [5.74, 6) is -0.170. The molecule has 0 aliphatic carbocycles. The SMILES string of the molecule is O=C1CN(c2cccc(CN3CCNCC3)c2)C(=O)CN1. The molecular weight excluding hydrogens is 268 g/mol. The molecular formula is C15H20N4O2. The minimum atomic E-state index is -0.109. The summed E-state index contributed by atoms with van der Waals surface area (Å²) in [5, 5.41) is 5.90. The zero-order valence-corrected chi connectivity index (χ0v) is 12.0. The molecule has 112 valence electrons. The molecule has 3 rings (SSSR count). The zero-order valence-electron chi connectivity index (χ0n) is 12.0. The summed E-state index contributed by atoms with van der Waals surface area (Å²) in [5.41, 5.74) is 1.98. The lowest BCUT2D eigenvalue weighted by Crippen LogP contribution is -2.51. The molecule has 2 aliphatic heterocycles. The average Bonchev–Trinajstić information content (AvgIpc) is 2.51. The standard InChI is InChI=1S/C15H20N4O2/c20-14-11-19(15(21)9-17-14)13-3-1-2-12(8-13)10-18-6-4-16-5-7-18/h1-3,8,16H,4-7,9-11H2,(H,17,20). The van der Waals surface area contributed by atoms with Gasteiger partial charge in [-0.2, -0.15) is 0 Å². The highest BCUT2D eigenvalue weighted by atomic mass is 16.2. The van der Waals surface area contributed by atoms with E-state index in [1.165, 1.54) is 5.56 Å². The van der Waals surface area contributed by atoms with Gasteiger partial charge in [-0.05, 0) is 17.7 Å². The predicted octanol–water partition coefficient (Wildman–Crippen LogP) is -0.445. The number of amides is 2. The minimum Gasteiger partial charge on any atom is -0.345 e. The fourth-order valence-corrected chi connectivity index (χ4v) is 2.74. The first kappa shape index (κ1) is 14.0. The van der Waals surface area contributed by atoms with E-state index in [1.807, 2.05) is 18.2 Å². The zero-order chi connectivity index (χ0) is 14.7. The second-order valence-electron chi connectivity index (χ2n) is 5.45. The van der Waals surface area contributed by atoms with Crippen LogP contribution in [0.15, 0.2) is 24.3 Å². The Labute approximate surface area is 124 Å². The van der Waals surface area contributed by atoms with Crippen molar-refractivity contribution in [2.45, 2.75) is 6.54 Å². The molecule has 2 aliphatic rings. The lowest BCUT2D eigenvalue weighted by atomic mass is 10.1. The van der Waals surface area contributed by atoms with Crippen LogP contribution in [-0.2, 0) is 16.1 Å². The quantitative estimate of drug-likeness (QED) is 0.791. The Kier molecular flexibility index (Phi) is 4.17. The van der Waals surface area contributed by atoms with E-state index in [1.54, 1.807) is 4.90 Å². The van der Waals surface area contributed by atoms with Gasteiger partial charge in [-0.15, -0.1) is 0 Å². The molecule has 0 bridgehead atoms. The molecule has 2 N–H and O–H groups in total. The van der Waals surface area contributed by atoms with E-state index in [4.69, 9.17) is 0 Å². The van der Waals surface area contributed by atoms with Crippen molar-refractivity contribution >= 4 is 17.5 Å². The van der Waals surface area contributed by atoms with Crippen LogP contribution in [0.5, 0.6) is 0 Å². The van der Waals surface area contributed by atoms with E-state index in [2.05, 4.69) is 21.6 Å². The van der Waals surface area contributed by atoms with Gasteiger partial charge in [-0.3, -0.25) is 14.5 Å². The van der Waals surface area contributed by atoms with Gasteiger partial charge in [0.15, 0.2) is 0 Å². The third kappa shape index (κ3) is 3.40. The molecule has 2 fully saturated rings. The first-order valence-corrected chi connectivity index (χ1v) is 7.31. The van der Waals surface area contributed by atoms with Gasteiger partial charge < -0.3 is 15.5 Å². The fraction of sp³-hybridized carbons (Fsp3) is 0.467. The molecule has 1 aromatic rings. The molecule has 0 unspecified atom stereocenters. The number of hydrogen-bond acceptors (Lipinski definition) is 4. The fourth-order valence-electron chi connectivity index (χ4n) is 2.74. The second kappa shape index (κ2) is 6.24. The lowest BCUT2D eigenvalue weighted by molar-refractivity contribution is -0.128. The van der Waals surface area contributed by atoms with E-state index in [9.17, 15) is 9.59 Å². The van der Waals surface area contributed by atoms with Crippen LogP contribution in [-0.4, -0.2) is 56.0 Å².